The second-order valence-corrected chi connectivity index (χ2v) is 5.16. The maximum atomic E-state index is 10.7. The molecule has 0 aromatic carbocycles. The van der Waals surface area contributed by atoms with Crippen LogP contribution in [0.1, 0.15) is 26.6 Å². The highest BCUT2D eigenvalue weighted by atomic mass is 16.3. The van der Waals surface area contributed by atoms with E-state index in [1.165, 1.54) is 0 Å². The molecule has 19 heavy (non-hydrogen) atoms. The molecule has 0 fully saturated rings. The minimum absolute atomic E-state index is 0.0278. The van der Waals surface area contributed by atoms with Crippen molar-refractivity contribution in [2.45, 2.75) is 32.3 Å². The van der Waals surface area contributed by atoms with Gasteiger partial charge in [-0.15, -0.1) is 0 Å². The van der Waals surface area contributed by atoms with Crippen LogP contribution in [-0.2, 0) is 10.2 Å². The monoisotopic (exact) mass is 268 g/mol. The van der Waals surface area contributed by atoms with E-state index >= 15 is 0 Å². The van der Waals surface area contributed by atoms with Crippen molar-refractivity contribution >= 4 is 17.5 Å². The molecule has 0 saturated carbocycles. The lowest BCUT2D eigenvalue weighted by atomic mass is 9.96. The predicted molar refractivity (Wildman–Crippen MR) is 72.2 cm³/mol. The summed E-state index contributed by atoms with van der Waals surface area (Å²) >= 11 is 0. The number of aliphatic hydroxyl groups excluding tert-OH is 1. The predicted octanol–water partition coefficient (Wildman–Crippen LogP) is -0.682. The van der Waals surface area contributed by atoms with Gasteiger partial charge in [-0.1, -0.05) is 20.8 Å². The van der Waals surface area contributed by atoms with E-state index in [9.17, 15) is 9.90 Å². The molecule has 0 spiro atoms. The molecule has 0 radical (unpaired) electrons. The van der Waals surface area contributed by atoms with Gasteiger partial charge in [-0.25, -0.2) is 15.8 Å². The number of carbonyl (C=O) groups is 1. The third-order valence-electron chi connectivity index (χ3n) is 2.35. The minimum Gasteiger partial charge on any atom is -0.381 e. The zero-order valence-corrected chi connectivity index (χ0v) is 11.3. The lowest BCUT2D eigenvalue weighted by Gasteiger charge is -2.19. The molecule has 0 aliphatic heterocycles. The summed E-state index contributed by atoms with van der Waals surface area (Å²) < 4.78 is 0. The van der Waals surface area contributed by atoms with E-state index in [0.29, 0.717) is 17.5 Å². The van der Waals surface area contributed by atoms with E-state index in [1.807, 2.05) is 20.8 Å². The summed E-state index contributed by atoms with van der Waals surface area (Å²) in [4.78, 5) is 19.3. The number of nitrogen functional groups attached to an aromatic ring is 1. The number of hydrogen-bond donors (Lipinski definition) is 5. The Kier molecular flexibility index (Phi) is 4.62. The number of anilines is 2. The van der Waals surface area contributed by atoms with E-state index in [2.05, 4.69) is 20.7 Å². The van der Waals surface area contributed by atoms with Crippen LogP contribution in [0.15, 0.2) is 6.07 Å². The van der Waals surface area contributed by atoms with E-state index < -0.39 is 12.0 Å². The lowest BCUT2D eigenvalue weighted by molar-refractivity contribution is -0.125. The fourth-order valence-corrected chi connectivity index (χ4v) is 1.25. The Balaban J connectivity index is 2.92. The molecule has 1 atom stereocenters. The second kappa shape index (κ2) is 5.81. The van der Waals surface area contributed by atoms with Crippen molar-refractivity contribution in [1.82, 2.24) is 9.97 Å². The van der Waals surface area contributed by atoms with Gasteiger partial charge >= 0.3 is 0 Å². The smallest absolute Gasteiger partial charge is 0.248 e. The van der Waals surface area contributed by atoms with Gasteiger partial charge in [-0.05, 0) is 0 Å². The zero-order chi connectivity index (χ0) is 14.6. The number of nitrogens with zero attached hydrogens (tertiary/aromatic N) is 2. The Morgan fingerprint density at radius 3 is 2.47 bits per heavy atom. The fourth-order valence-electron chi connectivity index (χ4n) is 1.25. The van der Waals surface area contributed by atoms with Gasteiger partial charge in [-0.2, -0.15) is 0 Å². The SMILES string of the molecule is CC(C)(C)c1nc(NN)cc(NCC(O)C(N)=O)n1. The molecular weight excluding hydrogens is 248 g/mol. The Morgan fingerprint density at radius 2 is 2.00 bits per heavy atom. The molecule has 106 valence electrons. The van der Waals surface area contributed by atoms with E-state index in [0.717, 1.165) is 0 Å². The van der Waals surface area contributed by atoms with Gasteiger partial charge in [0.1, 0.15) is 23.6 Å². The van der Waals surface area contributed by atoms with Crippen molar-refractivity contribution in [1.29, 1.82) is 0 Å². The van der Waals surface area contributed by atoms with Gasteiger partial charge in [0, 0.05) is 11.5 Å². The second-order valence-electron chi connectivity index (χ2n) is 5.16. The molecule has 1 amide bonds. The lowest BCUT2D eigenvalue weighted by Crippen LogP contribution is -2.34. The Bertz CT molecular complexity index is 457. The number of aromatic nitrogens is 2. The Morgan fingerprint density at radius 1 is 1.42 bits per heavy atom. The average molecular weight is 268 g/mol. The first kappa shape index (κ1) is 15.1. The molecule has 8 nitrogen and oxygen atoms in total. The van der Waals surface area contributed by atoms with Gasteiger partial charge in [0.15, 0.2) is 0 Å². The molecule has 1 heterocycles. The summed E-state index contributed by atoms with van der Waals surface area (Å²) in [5.74, 6) is 6.02. The van der Waals surface area contributed by atoms with Crippen LogP contribution in [-0.4, -0.2) is 33.6 Å². The van der Waals surface area contributed by atoms with Crippen LogP contribution in [0.5, 0.6) is 0 Å². The average Bonchev–Trinajstić information content (AvgIpc) is 2.34. The summed E-state index contributed by atoms with van der Waals surface area (Å²) in [5, 5.41) is 12.1. The summed E-state index contributed by atoms with van der Waals surface area (Å²) in [6.45, 7) is 5.86. The van der Waals surface area contributed by atoms with Crippen LogP contribution >= 0.6 is 0 Å². The number of nitrogens with one attached hydrogen (secondary N) is 2. The molecule has 0 aliphatic rings. The first-order chi connectivity index (χ1) is 8.74. The molecule has 0 saturated heterocycles. The number of rotatable bonds is 5. The van der Waals surface area contributed by atoms with Gasteiger partial charge in [0.25, 0.3) is 0 Å². The van der Waals surface area contributed by atoms with Crippen LogP contribution in [0.4, 0.5) is 11.6 Å². The van der Waals surface area contributed by atoms with Crippen LogP contribution in [0, 0.1) is 0 Å². The number of carbonyl (C=O) groups excluding carboxylic acids is 1. The van der Waals surface area contributed by atoms with E-state index in [4.69, 9.17) is 11.6 Å². The molecule has 1 aromatic rings. The third-order valence-corrected chi connectivity index (χ3v) is 2.35. The molecule has 1 unspecified atom stereocenters. The van der Waals surface area contributed by atoms with Crippen molar-refractivity contribution in [3.8, 4) is 0 Å². The van der Waals surface area contributed by atoms with Crippen LogP contribution in [0.25, 0.3) is 0 Å². The molecule has 1 rings (SSSR count). The first-order valence-electron chi connectivity index (χ1n) is 5.81. The molecule has 1 aromatic heterocycles. The van der Waals surface area contributed by atoms with Crippen LogP contribution < -0.4 is 22.3 Å². The zero-order valence-electron chi connectivity index (χ0n) is 11.3. The van der Waals surface area contributed by atoms with Crippen LogP contribution in [0.2, 0.25) is 0 Å². The normalized spacial score (nSPS) is 12.9. The van der Waals surface area contributed by atoms with Crippen molar-refractivity contribution in [2.75, 3.05) is 17.3 Å². The molecular formula is C11H20N6O2. The largest absolute Gasteiger partial charge is 0.381 e. The number of nitrogens with two attached hydrogens (primary N) is 2. The molecule has 0 aliphatic carbocycles. The maximum Gasteiger partial charge on any atom is 0.248 e. The van der Waals surface area contributed by atoms with Gasteiger partial charge in [0.05, 0.1) is 6.54 Å². The molecule has 7 N–H and O–H groups in total. The summed E-state index contributed by atoms with van der Waals surface area (Å²) in [7, 11) is 0. The van der Waals surface area contributed by atoms with Gasteiger partial charge in [-0.3, -0.25) is 4.79 Å². The standard InChI is InChI=1S/C11H20N6O2/c1-11(2,3)10-15-7(4-8(16-10)17-13)14-5-6(18)9(12)19/h4,6,18H,5,13H2,1-3H3,(H2,12,19)(H2,14,15,16,17). The third kappa shape index (κ3) is 4.34. The number of amides is 1. The van der Waals surface area contributed by atoms with Crippen molar-refractivity contribution in [3.05, 3.63) is 11.9 Å². The van der Waals surface area contributed by atoms with Crippen molar-refractivity contribution in [3.63, 3.8) is 0 Å². The first-order valence-corrected chi connectivity index (χ1v) is 5.81. The maximum absolute atomic E-state index is 10.7. The topological polar surface area (TPSA) is 139 Å². The van der Waals surface area contributed by atoms with Crippen molar-refractivity contribution in [2.24, 2.45) is 11.6 Å². The molecule has 8 heteroatoms. The fraction of sp³-hybridized carbons (Fsp3) is 0.545. The summed E-state index contributed by atoms with van der Waals surface area (Å²) in [6.07, 6.45) is -1.28. The van der Waals surface area contributed by atoms with E-state index in [-0.39, 0.29) is 12.0 Å². The van der Waals surface area contributed by atoms with Gasteiger partial charge in [0.2, 0.25) is 5.91 Å². The highest BCUT2D eigenvalue weighted by Crippen LogP contribution is 2.21. The Labute approximate surface area is 111 Å². The number of aliphatic hydroxyl groups is 1. The summed E-state index contributed by atoms with van der Waals surface area (Å²) in [5.41, 5.74) is 7.15. The minimum atomic E-state index is -1.28. The number of hydrazine groups is 1. The van der Waals surface area contributed by atoms with E-state index in [1.54, 1.807) is 6.07 Å². The highest BCUT2D eigenvalue weighted by molar-refractivity contribution is 5.79. The highest BCUT2D eigenvalue weighted by Gasteiger charge is 2.19. The number of primary amides is 1. The molecule has 0 bridgehead atoms. The van der Waals surface area contributed by atoms with Crippen LogP contribution in [0.3, 0.4) is 0 Å². The number of hydrogen-bond acceptors (Lipinski definition) is 7. The quantitative estimate of drug-likeness (QED) is 0.352. The Hall–Kier alpha value is -1.93. The van der Waals surface area contributed by atoms with Crippen molar-refractivity contribution < 1.29 is 9.90 Å². The summed E-state index contributed by atoms with van der Waals surface area (Å²) in [6, 6.07) is 1.57. The van der Waals surface area contributed by atoms with Gasteiger partial charge < -0.3 is 21.6 Å².